The summed E-state index contributed by atoms with van der Waals surface area (Å²) in [6, 6.07) is 16.7. The van der Waals surface area contributed by atoms with E-state index in [1.165, 1.54) is 12.1 Å². The molecule has 0 aliphatic heterocycles. The molecule has 0 spiro atoms. The monoisotopic (exact) mass is 275 g/mol. The highest BCUT2D eigenvalue weighted by Crippen LogP contribution is 2.24. The van der Waals surface area contributed by atoms with Crippen LogP contribution in [0.3, 0.4) is 0 Å². The Labute approximate surface area is 121 Å². The predicted molar refractivity (Wildman–Crippen MR) is 77.7 cm³/mol. The predicted octanol–water partition coefficient (Wildman–Crippen LogP) is 3.53. The van der Waals surface area contributed by atoms with Crippen LogP contribution in [0, 0.1) is 32.8 Å². The molecule has 0 atom stereocenters. The molecule has 2 aromatic rings. The topological polar surface area (TPSA) is 90.7 Å². The Hall–Kier alpha value is -3.44. The molecule has 0 saturated carbocycles. The summed E-state index contributed by atoms with van der Waals surface area (Å²) < 4.78 is 0. The van der Waals surface area contributed by atoms with Crippen molar-refractivity contribution in [3.63, 3.8) is 0 Å². The zero-order valence-electron chi connectivity index (χ0n) is 10.9. The zero-order valence-corrected chi connectivity index (χ0v) is 10.9. The molecule has 0 aliphatic rings. The van der Waals surface area contributed by atoms with Crippen molar-refractivity contribution in [2.24, 2.45) is 0 Å². The number of allylic oxidation sites excluding steroid dienone is 1. The summed E-state index contributed by atoms with van der Waals surface area (Å²) in [4.78, 5) is 10.5. The van der Waals surface area contributed by atoms with Crippen molar-refractivity contribution >= 4 is 17.3 Å². The highest BCUT2D eigenvalue weighted by Gasteiger charge is 2.11. The van der Waals surface area contributed by atoms with Gasteiger partial charge in [-0.2, -0.15) is 10.5 Å². The highest BCUT2D eigenvalue weighted by atomic mass is 16.6. The Bertz CT molecular complexity index is 794. The molecule has 0 fully saturated rings. The van der Waals surface area contributed by atoms with Gasteiger partial charge >= 0.3 is 0 Å². The lowest BCUT2D eigenvalue weighted by Gasteiger charge is -2.01. The minimum Gasteiger partial charge on any atom is -0.258 e. The molecule has 0 heterocycles. The van der Waals surface area contributed by atoms with Gasteiger partial charge in [0.05, 0.1) is 33.8 Å². The van der Waals surface area contributed by atoms with Crippen LogP contribution in [-0.4, -0.2) is 4.92 Å². The molecule has 2 rings (SSSR count). The Morgan fingerprint density at radius 3 is 2.33 bits per heavy atom. The van der Waals surface area contributed by atoms with Crippen LogP contribution in [0.4, 0.5) is 5.69 Å². The fraction of sp³-hybridized carbons (Fsp3) is 0. The van der Waals surface area contributed by atoms with Crippen molar-refractivity contribution in [1.82, 2.24) is 0 Å². The first-order valence-electron chi connectivity index (χ1n) is 6.01. The molecule has 0 saturated heterocycles. The van der Waals surface area contributed by atoms with E-state index in [1.807, 2.05) is 12.1 Å². The fourth-order valence-electron chi connectivity index (χ4n) is 1.84. The minimum atomic E-state index is -0.487. The maximum absolute atomic E-state index is 11.0. The summed E-state index contributed by atoms with van der Waals surface area (Å²) in [7, 11) is 0. The van der Waals surface area contributed by atoms with Crippen LogP contribution < -0.4 is 0 Å². The van der Waals surface area contributed by atoms with E-state index in [1.54, 1.807) is 42.5 Å². The number of hydrogen-bond acceptors (Lipinski definition) is 4. The summed E-state index contributed by atoms with van der Waals surface area (Å²) >= 11 is 0. The SMILES string of the molecule is N#C/C(=C/c1ccccc1[N+](=O)[O-])c1ccc(C#N)cc1. The Morgan fingerprint density at radius 2 is 1.76 bits per heavy atom. The first-order valence-corrected chi connectivity index (χ1v) is 6.01. The summed E-state index contributed by atoms with van der Waals surface area (Å²) in [6.07, 6.45) is 1.47. The lowest BCUT2D eigenvalue weighted by molar-refractivity contribution is -0.385. The second kappa shape index (κ2) is 6.14. The molecule has 0 aromatic heterocycles. The van der Waals surface area contributed by atoms with Gasteiger partial charge in [-0.1, -0.05) is 24.3 Å². The normalized spacial score (nSPS) is 10.5. The summed E-state index contributed by atoms with van der Waals surface area (Å²) in [5, 5.41) is 29.0. The highest BCUT2D eigenvalue weighted by molar-refractivity contribution is 5.91. The van der Waals surface area contributed by atoms with Crippen LogP contribution in [-0.2, 0) is 0 Å². The van der Waals surface area contributed by atoms with Crippen molar-refractivity contribution in [3.05, 3.63) is 75.3 Å². The van der Waals surface area contributed by atoms with Gasteiger partial charge in [-0.25, -0.2) is 0 Å². The first kappa shape index (κ1) is 14.0. The number of benzene rings is 2. The van der Waals surface area contributed by atoms with Gasteiger partial charge in [0.15, 0.2) is 0 Å². The maximum atomic E-state index is 11.0. The largest absolute Gasteiger partial charge is 0.276 e. The molecule has 100 valence electrons. The van der Waals surface area contributed by atoms with Crippen molar-refractivity contribution in [3.8, 4) is 12.1 Å². The van der Waals surface area contributed by atoms with E-state index in [-0.39, 0.29) is 5.69 Å². The minimum absolute atomic E-state index is 0.0566. The van der Waals surface area contributed by atoms with Crippen LogP contribution >= 0.6 is 0 Å². The molecule has 21 heavy (non-hydrogen) atoms. The van der Waals surface area contributed by atoms with E-state index >= 15 is 0 Å². The molecule has 5 nitrogen and oxygen atoms in total. The van der Waals surface area contributed by atoms with E-state index in [4.69, 9.17) is 5.26 Å². The molecular formula is C16H9N3O2. The van der Waals surface area contributed by atoms with Gasteiger partial charge in [0, 0.05) is 6.07 Å². The van der Waals surface area contributed by atoms with E-state index in [0.717, 1.165) is 0 Å². The molecule has 0 unspecified atom stereocenters. The summed E-state index contributed by atoms with van der Waals surface area (Å²) in [6.45, 7) is 0. The van der Waals surface area contributed by atoms with Gasteiger partial charge in [-0.3, -0.25) is 10.1 Å². The van der Waals surface area contributed by atoms with Crippen LogP contribution in [0.1, 0.15) is 16.7 Å². The molecule has 0 amide bonds. The molecular weight excluding hydrogens is 266 g/mol. The van der Waals surface area contributed by atoms with E-state index < -0.39 is 4.92 Å². The molecule has 2 aromatic carbocycles. The number of rotatable bonds is 3. The van der Waals surface area contributed by atoms with E-state index in [2.05, 4.69) is 0 Å². The summed E-state index contributed by atoms with van der Waals surface area (Å²) in [5.41, 5.74) is 1.70. The van der Waals surface area contributed by atoms with Gasteiger partial charge in [0.1, 0.15) is 0 Å². The number of nitrogens with zero attached hydrogens (tertiary/aromatic N) is 3. The third-order valence-corrected chi connectivity index (χ3v) is 2.88. The smallest absolute Gasteiger partial charge is 0.258 e. The van der Waals surface area contributed by atoms with Crippen LogP contribution in [0.15, 0.2) is 48.5 Å². The molecule has 5 heteroatoms. The van der Waals surface area contributed by atoms with Crippen LogP contribution in [0.2, 0.25) is 0 Å². The Morgan fingerprint density at radius 1 is 1.10 bits per heavy atom. The van der Waals surface area contributed by atoms with Crippen LogP contribution in [0.25, 0.3) is 11.6 Å². The van der Waals surface area contributed by atoms with Gasteiger partial charge in [-0.15, -0.1) is 0 Å². The zero-order chi connectivity index (χ0) is 15.2. The van der Waals surface area contributed by atoms with E-state index in [9.17, 15) is 15.4 Å². The molecule has 0 aliphatic carbocycles. The average Bonchev–Trinajstić information content (AvgIpc) is 2.53. The first-order chi connectivity index (χ1) is 10.2. The van der Waals surface area contributed by atoms with Gasteiger partial charge in [-0.05, 0) is 29.8 Å². The number of para-hydroxylation sites is 1. The number of nitro benzene ring substituents is 1. The maximum Gasteiger partial charge on any atom is 0.276 e. The van der Waals surface area contributed by atoms with Crippen molar-refractivity contribution in [1.29, 1.82) is 10.5 Å². The lowest BCUT2D eigenvalue weighted by Crippen LogP contribution is -1.91. The molecule has 0 radical (unpaired) electrons. The Balaban J connectivity index is 2.49. The number of hydrogen-bond donors (Lipinski definition) is 0. The van der Waals surface area contributed by atoms with E-state index in [0.29, 0.717) is 22.3 Å². The van der Waals surface area contributed by atoms with Crippen LogP contribution in [0.5, 0.6) is 0 Å². The standard InChI is InChI=1S/C16H9N3O2/c17-10-12-5-7-13(8-6-12)15(11-18)9-14-3-1-2-4-16(14)19(20)21/h1-9H/b15-9-. The molecule has 0 bridgehead atoms. The third kappa shape index (κ3) is 3.12. The van der Waals surface area contributed by atoms with Crippen molar-refractivity contribution in [2.75, 3.05) is 0 Å². The van der Waals surface area contributed by atoms with Gasteiger partial charge < -0.3 is 0 Å². The fourth-order valence-corrected chi connectivity index (χ4v) is 1.84. The van der Waals surface area contributed by atoms with Crippen molar-refractivity contribution < 1.29 is 4.92 Å². The number of nitriles is 2. The van der Waals surface area contributed by atoms with Crippen molar-refractivity contribution in [2.45, 2.75) is 0 Å². The Kier molecular flexibility index (Phi) is 4.09. The van der Waals surface area contributed by atoms with Gasteiger partial charge in [0.2, 0.25) is 0 Å². The van der Waals surface area contributed by atoms with Gasteiger partial charge in [0.25, 0.3) is 5.69 Å². The number of nitro groups is 1. The lowest BCUT2D eigenvalue weighted by atomic mass is 10.0. The second-order valence-electron chi connectivity index (χ2n) is 4.17. The molecule has 0 N–H and O–H groups in total. The average molecular weight is 275 g/mol. The third-order valence-electron chi connectivity index (χ3n) is 2.88. The quantitative estimate of drug-likeness (QED) is 0.371. The summed E-state index contributed by atoms with van der Waals surface area (Å²) in [5.74, 6) is 0. The second-order valence-corrected chi connectivity index (χ2v) is 4.17.